The Morgan fingerprint density at radius 1 is 0.763 bits per heavy atom. The van der Waals surface area contributed by atoms with E-state index in [1.54, 1.807) is 36.4 Å². The predicted octanol–water partition coefficient (Wildman–Crippen LogP) is 3.84. The lowest BCUT2D eigenvalue weighted by Crippen LogP contribution is -2.27. The van der Waals surface area contributed by atoms with Gasteiger partial charge in [-0.1, -0.05) is 18.2 Å². The first-order valence-corrected chi connectivity index (χ1v) is 11.3. The van der Waals surface area contributed by atoms with E-state index in [0.717, 1.165) is 0 Å². The molecule has 1 heterocycles. The Hall–Kier alpha value is -4.99. The summed E-state index contributed by atoms with van der Waals surface area (Å²) in [6.07, 6.45) is 0. The van der Waals surface area contributed by atoms with Crippen molar-refractivity contribution in [1.82, 2.24) is 4.57 Å². The monoisotopic (exact) mass is 518 g/mol. The summed E-state index contributed by atoms with van der Waals surface area (Å²) in [7, 11) is 6.87. The third-order valence-electron chi connectivity index (χ3n) is 6.04. The highest BCUT2D eigenvalue weighted by Crippen LogP contribution is 2.43. The number of hydrogen-bond acceptors (Lipinski definition) is 9. The number of methoxy groups -OCH3 is 5. The number of nitrogens with two attached hydrogens (primary N) is 1. The fraction of sp³-hybridized carbons (Fsp3) is 0.179. The SMILES string of the molecule is COC(=O)c1cc(N)cc(-n2c(C(=O)OC)c(-c3cc(OC)c(OC)c(OC)c3)c3ccccc3c2=O)c1. The molecule has 10 nitrogen and oxygen atoms in total. The van der Waals surface area contributed by atoms with Crippen molar-refractivity contribution >= 4 is 28.4 Å². The molecule has 0 unspecified atom stereocenters. The molecule has 0 aliphatic carbocycles. The molecule has 0 spiro atoms. The van der Waals surface area contributed by atoms with Gasteiger partial charge in [-0.25, -0.2) is 9.59 Å². The summed E-state index contributed by atoms with van der Waals surface area (Å²) in [5.41, 5.74) is 6.80. The second kappa shape index (κ2) is 10.6. The third kappa shape index (κ3) is 4.36. The standard InChI is InChI=1S/C28H26N2O8/c1-34-21-12-15(13-22(35-2)25(21)36-3)23-19-8-6-7-9-20(19)26(31)30(24(23)28(33)38-5)18-11-16(27(32)37-4)10-17(29)14-18/h6-14H,29H2,1-5H3. The van der Waals surface area contributed by atoms with Crippen molar-refractivity contribution in [3.8, 4) is 34.1 Å². The van der Waals surface area contributed by atoms with Gasteiger partial charge in [0.15, 0.2) is 11.5 Å². The summed E-state index contributed by atoms with van der Waals surface area (Å²) in [6, 6.07) is 14.5. The zero-order chi connectivity index (χ0) is 27.6. The molecule has 0 bridgehead atoms. The Morgan fingerprint density at radius 3 is 1.92 bits per heavy atom. The van der Waals surface area contributed by atoms with Crippen LogP contribution < -0.4 is 25.5 Å². The Morgan fingerprint density at radius 2 is 1.37 bits per heavy atom. The highest BCUT2D eigenvalue weighted by Gasteiger charge is 2.27. The molecule has 0 aliphatic rings. The Labute approximate surface area is 218 Å². The molecule has 38 heavy (non-hydrogen) atoms. The predicted molar refractivity (Wildman–Crippen MR) is 142 cm³/mol. The minimum absolute atomic E-state index is 0.0908. The number of aromatic nitrogens is 1. The van der Waals surface area contributed by atoms with Crippen LogP contribution in [0.4, 0.5) is 5.69 Å². The van der Waals surface area contributed by atoms with E-state index < -0.39 is 17.5 Å². The first kappa shape index (κ1) is 26.1. The van der Waals surface area contributed by atoms with Crippen molar-refractivity contribution < 1.29 is 33.3 Å². The summed E-state index contributed by atoms with van der Waals surface area (Å²) in [6.45, 7) is 0. The van der Waals surface area contributed by atoms with E-state index >= 15 is 0 Å². The molecule has 0 atom stereocenters. The van der Waals surface area contributed by atoms with Gasteiger partial charge in [0, 0.05) is 16.6 Å². The maximum Gasteiger partial charge on any atom is 0.355 e. The van der Waals surface area contributed by atoms with Gasteiger partial charge < -0.3 is 29.4 Å². The number of fused-ring (bicyclic) bond motifs is 1. The summed E-state index contributed by atoms with van der Waals surface area (Å²) in [4.78, 5) is 39.6. The van der Waals surface area contributed by atoms with Gasteiger partial charge in [0.25, 0.3) is 5.56 Å². The summed E-state index contributed by atoms with van der Waals surface area (Å²) < 4.78 is 27.7. The zero-order valence-electron chi connectivity index (χ0n) is 21.5. The zero-order valence-corrected chi connectivity index (χ0v) is 21.5. The average molecular weight is 519 g/mol. The number of carbonyl (C=O) groups is 2. The third-order valence-corrected chi connectivity index (χ3v) is 6.04. The van der Waals surface area contributed by atoms with E-state index in [0.29, 0.717) is 39.1 Å². The Bertz CT molecular complexity index is 1600. The molecule has 0 fully saturated rings. The van der Waals surface area contributed by atoms with E-state index in [-0.39, 0.29) is 22.6 Å². The summed E-state index contributed by atoms with van der Waals surface area (Å²) in [5, 5.41) is 0.798. The van der Waals surface area contributed by atoms with Crippen LogP contribution in [0.2, 0.25) is 0 Å². The van der Waals surface area contributed by atoms with Crippen LogP contribution in [-0.4, -0.2) is 52.1 Å². The number of hydrogen-bond donors (Lipinski definition) is 1. The maximum atomic E-state index is 13.9. The molecule has 0 saturated heterocycles. The van der Waals surface area contributed by atoms with E-state index in [9.17, 15) is 14.4 Å². The number of nitrogens with zero attached hydrogens (tertiary/aromatic N) is 1. The molecule has 2 N–H and O–H groups in total. The van der Waals surface area contributed by atoms with Crippen molar-refractivity contribution in [3.63, 3.8) is 0 Å². The first-order chi connectivity index (χ1) is 18.3. The van der Waals surface area contributed by atoms with Crippen molar-refractivity contribution in [2.45, 2.75) is 0 Å². The number of esters is 2. The molecule has 0 radical (unpaired) electrons. The van der Waals surface area contributed by atoms with Crippen molar-refractivity contribution in [1.29, 1.82) is 0 Å². The van der Waals surface area contributed by atoms with Crippen LogP contribution in [0.1, 0.15) is 20.8 Å². The summed E-state index contributed by atoms with van der Waals surface area (Å²) in [5.74, 6) is -0.405. The van der Waals surface area contributed by atoms with Crippen LogP contribution >= 0.6 is 0 Å². The topological polar surface area (TPSA) is 128 Å². The molecule has 4 aromatic rings. The fourth-order valence-corrected chi connectivity index (χ4v) is 4.40. The molecule has 4 rings (SSSR count). The number of carbonyl (C=O) groups excluding carboxylic acids is 2. The van der Waals surface area contributed by atoms with Gasteiger partial charge in [-0.05, 0) is 47.3 Å². The number of nitrogen functional groups attached to an aromatic ring is 1. The van der Waals surface area contributed by atoms with E-state index in [2.05, 4.69) is 0 Å². The number of ether oxygens (including phenoxy) is 5. The molecular formula is C28H26N2O8. The lowest BCUT2D eigenvalue weighted by Gasteiger charge is -2.21. The van der Waals surface area contributed by atoms with Gasteiger partial charge in [0.2, 0.25) is 5.75 Å². The number of benzene rings is 3. The first-order valence-electron chi connectivity index (χ1n) is 11.3. The normalized spacial score (nSPS) is 10.7. The van der Waals surface area contributed by atoms with Crippen LogP contribution in [-0.2, 0) is 9.47 Å². The van der Waals surface area contributed by atoms with Crippen LogP contribution in [0, 0.1) is 0 Å². The average Bonchev–Trinajstić information content (AvgIpc) is 2.94. The van der Waals surface area contributed by atoms with Gasteiger partial charge in [-0.15, -0.1) is 0 Å². The van der Waals surface area contributed by atoms with Crippen LogP contribution in [0.15, 0.2) is 59.4 Å². The molecule has 10 heteroatoms. The van der Waals surface area contributed by atoms with E-state index in [1.807, 2.05) is 0 Å². The van der Waals surface area contributed by atoms with Crippen molar-refractivity contribution in [3.05, 3.63) is 76.2 Å². The molecule has 3 aromatic carbocycles. The second-order valence-corrected chi connectivity index (χ2v) is 8.12. The largest absolute Gasteiger partial charge is 0.493 e. The van der Waals surface area contributed by atoms with E-state index in [4.69, 9.17) is 29.4 Å². The minimum Gasteiger partial charge on any atom is -0.493 e. The van der Waals surface area contributed by atoms with Gasteiger partial charge >= 0.3 is 11.9 Å². The molecule has 1 aromatic heterocycles. The molecule has 0 aliphatic heterocycles. The van der Waals surface area contributed by atoms with Crippen molar-refractivity contribution in [2.24, 2.45) is 0 Å². The molecular weight excluding hydrogens is 492 g/mol. The van der Waals surface area contributed by atoms with Crippen LogP contribution in [0.3, 0.4) is 0 Å². The van der Waals surface area contributed by atoms with Gasteiger partial charge in [-0.2, -0.15) is 0 Å². The number of pyridine rings is 1. The molecule has 196 valence electrons. The summed E-state index contributed by atoms with van der Waals surface area (Å²) >= 11 is 0. The van der Waals surface area contributed by atoms with Crippen molar-refractivity contribution in [2.75, 3.05) is 41.3 Å². The van der Waals surface area contributed by atoms with Gasteiger partial charge in [0.05, 0.1) is 46.8 Å². The smallest absolute Gasteiger partial charge is 0.355 e. The van der Waals surface area contributed by atoms with Crippen LogP contribution in [0.5, 0.6) is 17.2 Å². The highest BCUT2D eigenvalue weighted by molar-refractivity contribution is 6.07. The minimum atomic E-state index is -0.793. The second-order valence-electron chi connectivity index (χ2n) is 8.12. The maximum absolute atomic E-state index is 13.9. The lowest BCUT2D eigenvalue weighted by atomic mass is 9.95. The highest BCUT2D eigenvalue weighted by atomic mass is 16.5. The van der Waals surface area contributed by atoms with Crippen LogP contribution in [0.25, 0.3) is 27.6 Å². The van der Waals surface area contributed by atoms with Gasteiger partial charge in [-0.3, -0.25) is 9.36 Å². The fourth-order valence-electron chi connectivity index (χ4n) is 4.40. The quantitative estimate of drug-likeness (QED) is 0.287. The number of rotatable bonds is 7. The molecule has 0 saturated carbocycles. The Balaban J connectivity index is 2.23. The molecule has 0 amide bonds. The number of anilines is 1. The Kier molecular flexibility index (Phi) is 7.24. The van der Waals surface area contributed by atoms with E-state index in [1.165, 1.54) is 58.3 Å². The lowest BCUT2D eigenvalue weighted by molar-refractivity contribution is 0.0587. The van der Waals surface area contributed by atoms with Gasteiger partial charge in [0.1, 0.15) is 5.69 Å².